The van der Waals surface area contributed by atoms with Crippen LogP contribution in [0.25, 0.3) is 9.75 Å². The first-order valence-corrected chi connectivity index (χ1v) is 12.3. The van der Waals surface area contributed by atoms with Gasteiger partial charge in [-0.3, -0.25) is 4.79 Å². The Kier molecular flexibility index (Phi) is 10.5. The van der Waals surface area contributed by atoms with Gasteiger partial charge >= 0.3 is 0 Å². The monoisotopic (exact) mass is 472 g/mol. The summed E-state index contributed by atoms with van der Waals surface area (Å²) in [5, 5.41) is 0. The number of hydrogen-bond donors (Lipinski definition) is 0. The average Bonchev–Trinajstić information content (AvgIpc) is 3.24. The van der Waals surface area contributed by atoms with Crippen LogP contribution in [0.15, 0.2) is 15.9 Å². The summed E-state index contributed by atoms with van der Waals surface area (Å²) in [6.07, 6.45) is 10.3. The zero-order valence-corrected chi connectivity index (χ0v) is 19.4. The molecule has 0 aromatic carbocycles. The Bertz CT molecular complexity index is 694. The highest BCUT2D eigenvalue weighted by Gasteiger charge is 2.19. The number of aldehydes is 1. The maximum atomic E-state index is 11.3. The normalized spacial score (nSPS) is 10.9. The van der Waals surface area contributed by atoms with Crippen LogP contribution in [0.5, 0.6) is 11.5 Å². The lowest BCUT2D eigenvalue weighted by Gasteiger charge is -2.09. The lowest BCUT2D eigenvalue weighted by molar-refractivity contribution is 0.112. The molecular weight excluding hydrogens is 444 g/mol. The third-order valence-corrected chi connectivity index (χ3v) is 7.04. The lowest BCUT2D eigenvalue weighted by atomic mass is 10.2. The molecule has 0 N–H and O–H groups in total. The van der Waals surface area contributed by atoms with Crippen molar-refractivity contribution in [2.24, 2.45) is 0 Å². The molecule has 2 rings (SSSR count). The molecule has 0 amide bonds. The van der Waals surface area contributed by atoms with E-state index in [1.807, 2.05) is 12.1 Å². The Morgan fingerprint density at radius 2 is 1.41 bits per heavy atom. The Balaban J connectivity index is 2.09. The standard InChI is InChI=1S/C21H29BrO3S2/c1-3-5-7-9-11-24-17-13-16(15-23)26-20(17)21-18(14-19(22)27-21)25-12-10-8-6-4-2/h13-15H,3-12H2,1-2H3. The van der Waals surface area contributed by atoms with E-state index >= 15 is 0 Å². The smallest absolute Gasteiger partial charge is 0.160 e. The molecule has 0 atom stereocenters. The Morgan fingerprint density at radius 1 is 0.852 bits per heavy atom. The van der Waals surface area contributed by atoms with Gasteiger partial charge in [-0.1, -0.05) is 52.4 Å². The Hall–Kier alpha value is -0.850. The minimum absolute atomic E-state index is 0.682. The van der Waals surface area contributed by atoms with Crippen LogP contribution >= 0.6 is 38.6 Å². The van der Waals surface area contributed by atoms with E-state index in [1.165, 1.54) is 49.9 Å². The Morgan fingerprint density at radius 3 is 1.96 bits per heavy atom. The molecule has 0 aliphatic carbocycles. The van der Waals surface area contributed by atoms with E-state index in [0.717, 1.165) is 50.8 Å². The summed E-state index contributed by atoms with van der Waals surface area (Å²) in [6.45, 7) is 5.81. The lowest BCUT2D eigenvalue weighted by Crippen LogP contribution is -1.98. The number of carbonyl (C=O) groups is 1. The zero-order valence-electron chi connectivity index (χ0n) is 16.2. The quantitative estimate of drug-likeness (QED) is 0.206. The van der Waals surface area contributed by atoms with Crippen molar-refractivity contribution in [2.45, 2.75) is 65.2 Å². The van der Waals surface area contributed by atoms with Crippen LogP contribution in [0.3, 0.4) is 0 Å². The molecule has 0 aliphatic heterocycles. The summed E-state index contributed by atoms with van der Waals surface area (Å²) in [5.74, 6) is 1.67. The van der Waals surface area contributed by atoms with Gasteiger partial charge in [0.15, 0.2) is 6.29 Å². The predicted octanol–water partition coefficient (Wildman–Crippen LogP) is 7.97. The van der Waals surface area contributed by atoms with Gasteiger partial charge < -0.3 is 9.47 Å². The number of carbonyl (C=O) groups excluding carboxylic acids is 1. The molecule has 2 aromatic heterocycles. The largest absolute Gasteiger partial charge is 0.492 e. The molecule has 0 aliphatic rings. The van der Waals surface area contributed by atoms with E-state index in [9.17, 15) is 4.79 Å². The second-order valence-electron chi connectivity index (χ2n) is 6.52. The fraction of sp³-hybridized carbons (Fsp3) is 0.571. The van der Waals surface area contributed by atoms with Gasteiger partial charge in [-0.15, -0.1) is 22.7 Å². The van der Waals surface area contributed by atoms with Gasteiger partial charge in [-0.05, 0) is 28.8 Å². The van der Waals surface area contributed by atoms with Gasteiger partial charge in [0.05, 0.1) is 31.6 Å². The van der Waals surface area contributed by atoms with Crippen LogP contribution in [0, 0.1) is 0 Å². The number of ether oxygens (including phenoxy) is 2. The van der Waals surface area contributed by atoms with E-state index in [2.05, 4.69) is 29.8 Å². The molecule has 6 heteroatoms. The van der Waals surface area contributed by atoms with Crippen molar-refractivity contribution in [3.05, 3.63) is 20.8 Å². The molecule has 2 heterocycles. The van der Waals surface area contributed by atoms with Gasteiger partial charge in [0.1, 0.15) is 11.5 Å². The highest BCUT2D eigenvalue weighted by Crippen LogP contribution is 2.48. The Labute approximate surface area is 179 Å². The summed E-state index contributed by atoms with van der Waals surface area (Å²) >= 11 is 6.68. The third kappa shape index (κ3) is 7.24. The average molecular weight is 473 g/mol. The summed E-state index contributed by atoms with van der Waals surface area (Å²) < 4.78 is 13.1. The van der Waals surface area contributed by atoms with Crippen molar-refractivity contribution in [1.82, 2.24) is 0 Å². The van der Waals surface area contributed by atoms with Crippen LogP contribution in [0.1, 0.15) is 74.9 Å². The highest BCUT2D eigenvalue weighted by atomic mass is 79.9. The van der Waals surface area contributed by atoms with Crippen LogP contribution < -0.4 is 9.47 Å². The molecule has 2 aromatic rings. The van der Waals surface area contributed by atoms with Crippen molar-refractivity contribution < 1.29 is 14.3 Å². The number of hydrogen-bond acceptors (Lipinski definition) is 5. The minimum atomic E-state index is 0.682. The molecule has 0 radical (unpaired) electrons. The molecular formula is C21H29BrO3S2. The van der Waals surface area contributed by atoms with Crippen molar-refractivity contribution >= 4 is 44.9 Å². The molecule has 150 valence electrons. The van der Waals surface area contributed by atoms with Gasteiger partial charge in [0.25, 0.3) is 0 Å². The van der Waals surface area contributed by atoms with E-state index in [-0.39, 0.29) is 0 Å². The predicted molar refractivity (Wildman–Crippen MR) is 120 cm³/mol. The van der Waals surface area contributed by atoms with Crippen molar-refractivity contribution in [1.29, 1.82) is 0 Å². The SMILES string of the molecule is CCCCCCOc1cc(Br)sc1-c1sc(C=O)cc1OCCCCCC. The number of halogens is 1. The second-order valence-corrected chi connectivity index (χ2v) is 10.0. The van der Waals surface area contributed by atoms with Crippen LogP contribution in [-0.4, -0.2) is 19.5 Å². The number of unbranched alkanes of at least 4 members (excludes halogenated alkanes) is 6. The molecule has 0 bridgehead atoms. The number of thiophene rings is 2. The molecule has 3 nitrogen and oxygen atoms in total. The third-order valence-electron chi connectivity index (χ3n) is 4.22. The molecule has 0 unspecified atom stereocenters. The summed E-state index contributed by atoms with van der Waals surface area (Å²) in [5.41, 5.74) is 0. The molecule has 0 saturated heterocycles. The second kappa shape index (κ2) is 12.6. The molecule has 0 saturated carbocycles. The van der Waals surface area contributed by atoms with Crippen LogP contribution in [0.4, 0.5) is 0 Å². The maximum Gasteiger partial charge on any atom is 0.160 e. The van der Waals surface area contributed by atoms with Gasteiger partial charge in [0, 0.05) is 12.1 Å². The fourth-order valence-electron chi connectivity index (χ4n) is 2.75. The van der Waals surface area contributed by atoms with Crippen molar-refractivity contribution in [3.63, 3.8) is 0 Å². The minimum Gasteiger partial charge on any atom is -0.492 e. The highest BCUT2D eigenvalue weighted by molar-refractivity contribution is 9.11. The maximum absolute atomic E-state index is 11.3. The topological polar surface area (TPSA) is 35.5 Å². The first-order chi connectivity index (χ1) is 13.2. The van der Waals surface area contributed by atoms with Crippen molar-refractivity contribution in [2.75, 3.05) is 13.2 Å². The van der Waals surface area contributed by atoms with Gasteiger partial charge in [0.2, 0.25) is 0 Å². The van der Waals surface area contributed by atoms with Crippen LogP contribution in [0.2, 0.25) is 0 Å². The van der Waals surface area contributed by atoms with Crippen molar-refractivity contribution in [3.8, 4) is 21.3 Å². The summed E-state index contributed by atoms with van der Waals surface area (Å²) in [4.78, 5) is 14.0. The summed E-state index contributed by atoms with van der Waals surface area (Å²) in [7, 11) is 0. The van der Waals surface area contributed by atoms with Crippen LogP contribution in [-0.2, 0) is 0 Å². The van der Waals surface area contributed by atoms with Gasteiger partial charge in [-0.25, -0.2) is 0 Å². The summed E-state index contributed by atoms with van der Waals surface area (Å²) in [6, 6.07) is 3.87. The molecule has 27 heavy (non-hydrogen) atoms. The zero-order chi connectivity index (χ0) is 19.5. The van der Waals surface area contributed by atoms with Gasteiger partial charge in [-0.2, -0.15) is 0 Å². The first kappa shape index (κ1) is 22.4. The molecule has 0 fully saturated rings. The van der Waals surface area contributed by atoms with E-state index in [1.54, 1.807) is 11.3 Å². The van der Waals surface area contributed by atoms with E-state index in [4.69, 9.17) is 9.47 Å². The van der Waals surface area contributed by atoms with E-state index < -0.39 is 0 Å². The molecule has 0 spiro atoms. The number of rotatable bonds is 14. The first-order valence-electron chi connectivity index (χ1n) is 9.83. The van der Waals surface area contributed by atoms with E-state index in [0.29, 0.717) is 11.5 Å². The fourth-order valence-corrected chi connectivity index (χ4v) is 5.33.